The van der Waals surface area contributed by atoms with Crippen LogP contribution in [0.25, 0.3) is 33.2 Å². The van der Waals surface area contributed by atoms with Crippen LogP contribution in [0, 0.1) is 0 Å². The maximum absolute atomic E-state index is 12.6. The highest BCUT2D eigenvalue weighted by molar-refractivity contribution is 6.08. The molecule has 0 atom stereocenters. The Kier molecular flexibility index (Phi) is 7.22. The molecule has 10 nitrogen and oxygen atoms in total. The minimum Gasteiger partial charge on any atom is -0.465 e. The monoisotopic (exact) mass is 550 g/mol. The van der Waals surface area contributed by atoms with E-state index >= 15 is 0 Å². The number of benzene rings is 3. The Morgan fingerprint density at radius 3 is 2.22 bits per heavy atom. The third kappa shape index (κ3) is 5.29. The van der Waals surface area contributed by atoms with Gasteiger partial charge in [-0.15, -0.1) is 0 Å². The van der Waals surface area contributed by atoms with Gasteiger partial charge in [0.1, 0.15) is 5.82 Å². The number of nitrogens with zero attached hydrogens (tertiary/aromatic N) is 4. The average Bonchev–Trinajstić information content (AvgIpc) is 3.45. The predicted molar refractivity (Wildman–Crippen MR) is 160 cm³/mol. The van der Waals surface area contributed by atoms with Gasteiger partial charge in [-0.25, -0.2) is 19.6 Å². The number of carbonyl (C=O) groups is 2. The van der Waals surface area contributed by atoms with Crippen molar-refractivity contribution in [1.29, 1.82) is 0 Å². The van der Waals surface area contributed by atoms with Gasteiger partial charge in [-0.2, -0.15) is 0 Å². The van der Waals surface area contributed by atoms with Crippen LogP contribution in [0.3, 0.4) is 0 Å². The predicted octanol–water partition coefficient (Wildman–Crippen LogP) is 5.54. The highest BCUT2D eigenvalue weighted by Crippen LogP contribution is 2.33. The highest BCUT2D eigenvalue weighted by atomic mass is 16.5. The van der Waals surface area contributed by atoms with Crippen molar-refractivity contribution >= 4 is 51.0 Å². The van der Waals surface area contributed by atoms with Crippen molar-refractivity contribution in [1.82, 2.24) is 14.5 Å². The number of fused-ring (bicyclic) bond motifs is 3. The minimum atomic E-state index is -0.433. The fourth-order valence-corrected chi connectivity index (χ4v) is 5.07. The van der Waals surface area contributed by atoms with Gasteiger partial charge < -0.3 is 29.6 Å². The first-order valence-corrected chi connectivity index (χ1v) is 13.5. The number of aryl methyl sites for hydroxylation is 1. The number of methoxy groups -OCH3 is 1. The number of hydrogen-bond donors (Lipinski definition) is 2. The molecule has 1 fully saturated rings. The molecule has 1 aliphatic heterocycles. The Morgan fingerprint density at radius 1 is 0.878 bits per heavy atom. The maximum Gasteiger partial charge on any atom is 0.337 e. The summed E-state index contributed by atoms with van der Waals surface area (Å²) in [5, 5.41) is 7.71. The van der Waals surface area contributed by atoms with E-state index < -0.39 is 12.0 Å². The third-order valence-corrected chi connectivity index (χ3v) is 7.21. The van der Waals surface area contributed by atoms with Gasteiger partial charge in [-0.1, -0.05) is 0 Å². The van der Waals surface area contributed by atoms with Gasteiger partial charge in [0.25, 0.3) is 0 Å². The van der Waals surface area contributed by atoms with Crippen molar-refractivity contribution in [2.75, 3.05) is 48.9 Å². The van der Waals surface area contributed by atoms with Gasteiger partial charge in [0, 0.05) is 53.5 Å². The molecule has 0 spiro atoms. The van der Waals surface area contributed by atoms with Crippen molar-refractivity contribution < 1.29 is 19.1 Å². The molecule has 0 bridgehead atoms. The quantitative estimate of drug-likeness (QED) is 0.267. The van der Waals surface area contributed by atoms with Gasteiger partial charge in [0.15, 0.2) is 5.82 Å². The van der Waals surface area contributed by atoms with E-state index in [4.69, 9.17) is 19.4 Å². The molecule has 6 rings (SSSR count). The SMILES string of the molecule is CCn1ccc2c3nc(-c4ccc(NC(=O)Nc5ccc(C(=O)OC)cc5)cc4)nc(N4CCOCC4)c3ccc21. The van der Waals surface area contributed by atoms with Crippen molar-refractivity contribution in [3.63, 3.8) is 0 Å². The number of esters is 1. The van der Waals surface area contributed by atoms with Gasteiger partial charge in [0.2, 0.25) is 0 Å². The lowest BCUT2D eigenvalue weighted by Crippen LogP contribution is -2.37. The van der Waals surface area contributed by atoms with E-state index in [1.807, 2.05) is 24.3 Å². The Balaban J connectivity index is 1.27. The molecule has 2 amide bonds. The van der Waals surface area contributed by atoms with E-state index in [0.29, 0.717) is 36.0 Å². The summed E-state index contributed by atoms with van der Waals surface area (Å²) in [6.45, 7) is 5.86. The number of aromatic nitrogens is 3. The summed E-state index contributed by atoms with van der Waals surface area (Å²) in [5.41, 5.74) is 4.48. The summed E-state index contributed by atoms with van der Waals surface area (Å²) < 4.78 is 12.5. The number of anilines is 3. The lowest BCUT2D eigenvalue weighted by molar-refractivity contribution is 0.0600. The summed E-state index contributed by atoms with van der Waals surface area (Å²) in [5.74, 6) is 1.09. The molecule has 2 N–H and O–H groups in total. The van der Waals surface area contributed by atoms with E-state index in [1.54, 1.807) is 24.3 Å². The molecule has 208 valence electrons. The third-order valence-electron chi connectivity index (χ3n) is 7.21. The van der Waals surface area contributed by atoms with E-state index in [9.17, 15) is 9.59 Å². The van der Waals surface area contributed by atoms with Crippen LogP contribution in [0.5, 0.6) is 0 Å². The Morgan fingerprint density at radius 2 is 1.56 bits per heavy atom. The molecule has 10 heteroatoms. The molecule has 1 aliphatic rings. The second kappa shape index (κ2) is 11.3. The first-order chi connectivity index (χ1) is 20.0. The summed E-state index contributed by atoms with van der Waals surface area (Å²) in [6, 6.07) is 19.9. The smallest absolute Gasteiger partial charge is 0.337 e. The second-order valence-corrected chi connectivity index (χ2v) is 9.69. The zero-order valence-electron chi connectivity index (χ0n) is 22.9. The molecule has 3 aromatic carbocycles. The van der Waals surface area contributed by atoms with Crippen molar-refractivity contribution in [2.45, 2.75) is 13.5 Å². The number of nitrogens with one attached hydrogen (secondary N) is 2. The van der Waals surface area contributed by atoms with Crippen LogP contribution in [-0.2, 0) is 16.0 Å². The van der Waals surface area contributed by atoms with Crippen LogP contribution in [0.1, 0.15) is 17.3 Å². The van der Waals surface area contributed by atoms with E-state index in [2.05, 4.69) is 51.4 Å². The molecular formula is C31H30N6O4. The Hall–Kier alpha value is -4.96. The number of ether oxygens (including phenoxy) is 2. The number of carbonyl (C=O) groups excluding carboxylic acids is 2. The van der Waals surface area contributed by atoms with E-state index in [-0.39, 0.29) is 0 Å². The van der Waals surface area contributed by atoms with Crippen molar-refractivity contribution in [3.8, 4) is 11.4 Å². The lowest BCUT2D eigenvalue weighted by atomic mass is 10.1. The number of morpholine rings is 1. The molecule has 41 heavy (non-hydrogen) atoms. The summed E-state index contributed by atoms with van der Waals surface area (Å²) in [7, 11) is 1.32. The number of amides is 2. The molecule has 1 saturated heterocycles. The van der Waals surface area contributed by atoms with Crippen molar-refractivity contribution in [3.05, 3.63) is 78.5 Å². The summed E-state index contributed by atoms with van der Waals surface area (Å²) in [4.78, 5) is 36.5. The molecule has 0 unspecified atom stereocenters. The molecule has 0 aliphatic carbocycles. The molecular weight excluding hydrogens is 520 g/mol. The fourth-order valence-electron chi connectivity index (χ4n) is 5.07. The zero-order chi connectivity index (χ0) is 28.3. The zero-order valence-corrected chi connectivity index (χ0v) is 22.9. The van der Waals surface area contributed by atoms with E-state index in [1.165, 1.54) is 7.11 Å². The second-order valence-electron chi connectivity index (χ2n) is 9.69. The standard InChI is InChI=1S/C31H30N6O4/c1-3-36-15-14-24-26(36)13-12-25-27(24)34-28(35-29(25)37-16-18-41-19-17-37)20-4-8-22(9-5-20)32-31(39)33-23-10-6-21(7-11-23)30(38)40-2/h4-15H,3,16-19H2,1-2H3,(H2,32,33,39). The lowest BCUT2D eigenvalue weighted by Gasteiger charge is -2.29. The topological polar surface area (TPSA) is 111 Å². The maximum atomic E-state index is 12.6. The van der Waals surface area contributed by atoms with Crippen LogP contribution in [0.15, 0.2) is 72.9 Å². The molecule has 0 radical (unpaired) electrons. The Labute approximate surface area is 236 Å². The average molecular weight is 551 g/mol. The summed E-state index contributed by atoms with van der Waals surface area (Å²) >= 11 is 0. The molecule has 2 aromatic heterocycles. The van der Waals surface area contributed by atoms with Gasteiger partial charge in [-0.3, -0.25) is 0 Å². The number of urea groups is 1. The normalized spacial score (nSPS) is 13.4. The van der Waals surface area contributed by atoms with Crippen LogP contribution in [-0.4, -0.2) is 59.9 Å². The van der Waals surface area contributed by atoms with Crippen molar-refractivity contribution in [2.24, 2.45) is 0 Å². The largest absolute Gasteiger partial charge is 0.465 e. The van der Waals surface area contributed by atoms with E-state index in [0.717, 1.165) is 52.8 Å². The fraction of sp³-hybridized carbons (Fsp3) is 0.226. The molecule has 0 saturated carbocycles. The van der Waals surface area contributed by atoms with Crippen LogP contribution >= 0.6 is 0 Å². The van der Waals surface area contributed by atoms with Crippen LogP contribution < -0.4 is 15.5 Å². The minimum absolute atomic E-state index is 0.400. The Bertz CT molecular complexity index is 1720. The van der Waals surface area contributed by atoms with Crippen LogP contribution in [0.2, 0.25) is 0 Å². The number of hydrogen-bond acceptors (Lipinski definition) is 7. The number of rotatable bonds is 6. The van der Waals surface area contributed by atoms with Gasteiger partial charge in [-0.05, 0) is 73.7 Å². The van der Waals surface area contributed by atoms with Gasteiger partial charge >= 0.3 is 12.0 Å². The first kappa shape index (κ1) is 26.3. The first-order valence-electron chi connectivity index (χ1n) is 13.5. The summed E-state index contributed by atoms with van der Waals surface area (Å²) in [6.07, 6.45) is 2.10. The molecule has 3 heterocycles. The highest BCUT2D eigenvalue weighted by Gasteiger charge is 2.20. The molecule has 5 aromatic rings. The van der Waals surface area contributed by atoms with Crippen LogP contribution in [0.4, 0.5) is 22.0 Å². The van der Waals surface area contributed by atoms with Gasteiger partial charge in [0.05, 0.1) is 36.9 Å².